The van der Waals surface area contributed by atoms with Crippen molar-refractivity contribution in [3.63, 3.8) is 0 Å². The fourth-order valence-corrected chi connectivity index (χ4v) is 4.20. The van der Waals surface area contributed by atoms with Gasteiger partial charge in [-0.05, 0) is 31.9 Å². The Bertz CT molecular complexity index is 831. The smallest absolute Gasteiger partial charge is 0.341 e. The number of rotatable bonds is 5. The highest BCUT2D eigenvalue weighted by molar-refractivity contribution is 7.15. The number of thiophene rings is 1. The van der Waals surface area contributed by atoms with E-state index in [2.05, 4.69) is 5.32 Å². The highest BCUT2D eigenvalue weighted by Crippen LogP contribution is 2.40. The van der Waals surface area contributed by atoms with Gasteiger partial charge in [0, 0.05) is 33.2 Å². The molecule has 0 radical (unpaired) electrons. The summed E-state index contributed by atoms with van der Waals surface area (Å²) in [6, 6.07) is 5.04. The lowest BCUT2D eigenvalue weighted by molar-refractivity contribution is -0.124. The van der Waals surface area contributed by atoms with Gasteiger partial charge in [0.15, 0.2) is 0 Å². The fourth-order valence-electron chi connectivity index (χ4n) is 2.74. The van der Waals surface area contributed by atoms with Gasteiger partial charge >= 0.3 is 5.97 Å². The Kier molecular flexibility index (Phi) is 6.19. The molecular weight excluding hydrogens is 397 g/mol. The summed E-state index contributed by atoms with van der Waals surface area (Å²) < 4.78 is 10.6. The molecule has 1 aromatic heterocycles. The summed E-state index contributed by atoms with van der Waals surface area (Å²) in [5, 5.41) is 5.90. The van der Waals surface area contributed by atoms with E-state index in [0.717, 1.165) is 6.42 Å². The van der Waals surface area contributed by atoms with Crippen molar-refractivity contribution in [1.82, 2.24) is 0 Å². The summed E-state index contributed by atoms with van der Waals surface area (Å²) in [7, 11) is 0. The van der Waals surface area contributed by atoms with Crippen LogP contribution in [0.15, 0.2) is 23.6 Å². The van der Waals surface area contributed by atoms with Crippen molar-refractivity contribution >= 4 is 51.4 Å². The van der Waals surface area contributed by atoms with Gasteiger partial charge in [0.1, 0.15) is 16.7 Å². The topological polar surface area (TPSA) is 64.6 Å². The van der Waals surface area contributed by atoms with Crippen LogP contribution >= 0.6 is 34.5 Å². The molecule has 1 N–H and O–H groups in total. The molecule has 1 aliphatic heterocycles. The van der Waals surface area contributed by atoms with Crippen LogP contribution in [0.2, 0.25) is 10.0 Å². The van der Waals surface area contributed by atoms with Crippen LogP contribution in [0.4, 0.5) is 5.00 Å². The van der Waals surface area contributed by atoms with Gasteiger partial charge < -0.3 is 14.8 Å². The minimum absolute atomic E-state index is 0.224. The minimum atomic E-state index is -0.516. The van der Waals surface area contributed by atoms with Crippen LogP contribution < -0.4 is 5.32 Å². The van der Waals surface area contributed by atoms with Crippen molar-refractivity contribution in [2.75, 3.05) is 18.5 Å². The van der Waals surface area contributed by atoms with Gasteiger partial charge in [0.25, 0.3) is 5.91 Å². The molecule has 0 spiro atoms. The van der Waals surface area contributed by atoms with Gasteiger partial charge in [-0.1, -0.05) is 29.3 Å². The summed E-state index contributed by atoms with van der Waals surface area (Å²) in [5.41, 5.74) is 1.53. The van der Waals surface area contributed by atoms with Crippen molar-refractivity contribution < 1.29 is 19.1 Å². The molecule has 8 heteroatoms. The number of carbonyl (C=O) groups is 2. The zero-order valence-corrected chi connectivity index (χ0v) is 16.3. The first kappa shape index (κ1) is 19.2. The average molecular weight is 414 g/mol. The predicted molar refractivity (Wildman–Crippen MR) is 103 cm³/mol. The first-order valence-corrected chi connectivity index (χ1v) is 9.81. The number of anilines is 1. The van der Waals surface area contributed by atoms with Gasteiger partial charge in [0.2, 0.25) is 0 Å². The van der Waals surface area contributed by atoms with E-state index in [4.69, 9.17) is 32.7 Å². The zero-order valence-electron chi connectivity index (χ0n) is 14.0. The molecule has 1 atom stereocenters. The molecule has 1 saturated heterocycles. The third-order valence-corrected chi connectivity index (χ3v) is 5.39. The third-order valence-electron chi connectivity index (χ3n) is 3.95. The van der Waals surface area contributed by atoms with Crippen molar-refractivity contribution in [2.24, 2.45) is 0 Å². The van der Waals surface area contributed by atoms with Crippen molar-refractivity contribution in [1.29, 1.82) is 0 Å². The second kappa shape index (κ2) is 8.39. The monoisotopic (exact) mass is 413 g/mol. The number of benzene rings is 1. The van der Waals surface area contributed by atoms with Crippen molar-refractivity contribution in [2.45, 2.75) is 25.9 Å². The van der Waals surface area contributed by atoms with Crippen molar-refractivity contribution in [3.05, 3.63) is 39.2 Å². The van der Waals surface area contributed by atoms with E-state index in [-0.39, 0.29) is 18.1 Å². The molecule has 0 aliphatic carbocycles. The average Bonchev–Trinajstić information content (AvgIpc) is 3.25. The maximum absolute atomic E-state index is 12.5. The van der Waals surface area contributed by atoms with E-state index >= 15 is 0 Å². The zero-order chi connectivity index (χ0) is 18.7. The molecule has 3 rings (SSSR count). The predicted octanol–water partition coefficient (Wildman–Crippen LogP) is 5.02. The van der Waals surface area contributed by atoms with Crippen LogP contribution in [0, 0.1) is 0 Å². The van der Waals surface area contributed by atoms with Crippen LogP contribution in [0.3, 0.4) is 0 Å². The van der Waals surface area contributed by atoms with Gasteiger partial charge in [-0.2, -0.15) is 0 Å². The largest absolute Gasteiger partial charge is 0.462 e. The van der Waals surface area contributed by atoms with E-state index < -0.39 is 12.1 Å². The molecule has 138 valence electrons. The van der Waals surface area contributed by atoms with Gasteiger partial charge in [-0.15, -0.1) is 11.3 Å². The van der Waals surface area contributed by atoms with Crippen LogP contribution in [0.25, 0.3) is 11.1 Å². The Morgan fingerprint density at radius 1 is 1.35 bits per heavy atom. The lowest BCUT2D eigenvalue weighted by atomic mass is 10.0. The van der Waals surface area contributed by atoms with E-state index in [1.165, 1.54) is 11.3 Å². The van der Waals surface area contributed by atoms with E-state index in [9.17, 15) is 9.59 Å². The number of ether oxygens (including phenoxy) is 2. The third kappa shape index (κ3) is 4.04. The molecular formula is C18H17Cl2NO4S. The highest BCUT2D eigenvalue weighted by Gasteiger charge is 2.28. The molecule has 26 heavy (non-hydrogen) atoms. The number of hydrogen-bond acceptors (Lipinski definition) is 5. The Morgan fingerprint density at radius 2 is 2.15 bits per heavy atom. The summed E-state index contributed by atoms with van der Waals surface area (Å²) in [6.45, 7) is 2.52. The number of carbonyl (C=O) groups excluding carboxylic acids is 2. The Balaban J connectivity index is 1.98. The second-order valence-electron chi connectivity index (χ2n) is 5.69. The number of hydrogen-bond donors (Lipinski definition) is 1. The first-order valence-electron chi connectivity index (χ1n) is 8.17. The number of nitrogens with one attached hydrogen (secondary N) is 1. The molecule has 1 aliphatic rings. The maximum Gasteiger partial charge on any atom is 0.341 e. The number of amides is 1. The van der Waals surface area contributed by atoms with E-state index in [1.54, 1.807) is 30.5 Å². The fraction of sp³-hybridized carbons (Fsp3) is 0.333. The summed E-state index contributed by atoms with van der Waals surface area (Å²) in [5.74, 6) is -0.777. The molecule has 1 amide bonds. The molecule has 0 saturated carbocycles. The molecule has 5 nitrogen and oxygen atoms in total. The number of halogens is 2. The highest BCUT2D eigenvalue weighted by atomic mass is 35.5. The lowest BCUT2D eigenvalue weighted by Gasteiger charge is -2.12. The van der Waals surface area contributed by atoms with Crippen LogP contribution in [-0.2, 0) is 14.3 Å². The Hall–Kier alpha value is -1.60. The Labute approximate surface area is 165 Å². The molecule has 0 unspecified atom stereocenters. The van der Waals surface area contributed by atoms with Crippen molar-refractivity contribution in [3.8, 4) is 11.1 Å². The van der Waals surface area contributed by atoms with Crippen LogP contribution in [-0.4, -0.2) is 31.2 Å². The van der Waals surface area contributed by atoms with Crippen LogP contribution in [0.5, 0.6) is 0 Å². The SMILES string of the molecule is CCOC(=O)c1c(-c2ccc(Cl)cc2Cl)csc1NC(=O)[C@H]1CCCO1. The van der Waals surface area contributed by atoms with E-state index in [0.29, 0.717) is 39.2 Å². The summed E-state index contributed by atoms with van der Waals surface area (Å²) in [4.78, 5) is 24.9. The van der Waals surface area contributed by atoms with Gasteiger partial charge in [-0.25, -0.2) is 4.79 Å². The normalized spacial score (nSPS) is 16.5. The lowest BCUT2D eigenvalue weighted by Crippen LogP contribution is -2.27. The molecule has 1 fully saturated rings. The molecule has 1 aromatic carbocycles. The molecule has 2 heterocycles. The quantitative estimate of drug-likeness (QED) is 0.699. The Morgan fingerprint density at radius 3 is 2.81 bits per heavy atom. The van der Waals surface area contributed by atoms with Gasteiger partial charge in [-0.3, -0.25) is 4.79 Å². The summed E-state index contributed by atoms with van der Waals surface area (Å²) >= 11 is 13.5. The van der Waals surface area contributed by atoms with Gasteiger partial charge in [0.05, 0.1) is 6.61 Å². The summed E-state index contributed by atoms with van der Waals surface area (Å²) in [6.07, 6.45) is 1.02. The maximum atomic E-state index is 12.5. The first-order chi connectivity index (χ1) is 12.5. The minimum Gasteiger partial charge on any atom is -0.462 e. The molecule has 0 bridgehead atoms. The molecule has 2 aromatic rings. The standard InChI is InChI=1S/C18H17Cl2NO4S/c1-2-24-18(23)15-12(11-6-5-10(19)8-13(11)20)9-26-17(15)21-16(22)14-4-3-7-25-14/h5-6,8-9,14H,2-4,7H2,1H3,(H,21,22)/t14-/m1/s1. The van der Waals surface area contributed by atoms with E-state index in [1.807, 2.05) is 0 Å². The van der Waals surface area contributed by atoms with Crippen LogP contribution in [0.1, 0.15) is 30.1 Å². The number of esters is 1. The second-order valence-corrected chi connectivity index (χ2v) is 7.41.